The number of halogens is 2. The van der Waals surface area contributed by atoms with Gasteiger partial charge in [-0.05, 0) is 73.5 Å². The zero-order valence-corrected chi connectivity index (χ0v) is 22.4. The summed E-state index contributed by atoms with van der Waals surface area (Å²) in [5.41, 5.74) is 3.00. The summed E-state index contributed by atoms with van der Waals surface area (Å²) >= 11 is 3.38. The molecule has 0 aromatic carbocycles. The molecule has 0 fully saturated rings. The Morgan fingerprint density at radius 1 is 1.28 bits per heavy atom. The Bertz CT molecular complexity index is 1440. The fourth-order valence-corrected chi connectivity index (χ4v) is 4.40. The number of aryl methyl sites for hydroxylation is 2. The first-order valence-electron chi connectivity index (χ1n) is 11.6. The topological polar surface area (TPSA) is 89.6 Å². The van der Waals surface area contributed by atoms with Crippen LogP contribution < -0.4 is 10.3 Å². The number of hydrogen-bond acceptors (Lipinski definition) is 6. The monoisotopic (exact) mass is 554 g/mol. The van der Waals surface area contributed by atoms with Crippen molar-refractivity contribution in [3.63, 3.8) is 0 Å². The quantitative estimate of drug-likeness (QED) is 0.466. The van der Waals surface area contributed by atoms with Crippen LogP contribution in [-0.2, 0) is 12.2 Å². The lowest BCUT2D eigenvalue weighted by atomic mass is 9.98. The largest absolute Gasteiger partial charge is 0.486 e. The number of dihydropyridines is 1. The summed E-state index contributed by atoms with van der Waals surface area (Å²) in [5, 5.41) is 10.4. The van der Waals surface area contributed by atoms with Crippen LogP contribution in [0.1, 0.15) is 49.1 Å². The number of aliphatic hydroxyl groups is 1. The lowest BCUT2D eigenvalue weighted by molar-refractivity contribution is 0.0738. The van der Waals surface area contributed by atoms with E-state index in [4.69, 9.17) is 9.73 Å². The minimum atomic E-state index is -1.09. The van der Waals surface area contributed by atoms with Gasteiger partial charge in [-0.1, -0.05) is 13.0 Å². The molecule has 0 amide bonds. The summed E-state index contributed by atoms with van der Waals surface area (Å²) in [6.45, 7) is 9.52. The smallest absolute Gasteiger partial charge is 0.273 e. The van der Waals surface area contributed by atoms with Crippen LogP contribution in [0.15, 0.2) is 56.9 Å². The van der Waals surface area contributed by atoms with Gasteiger partial charge in [-0.3, -0.25) is 19.3 Å². The number of allylic oxidation sites excluding steroid dienone is 1. The third-order valence-corrected chi connectivity index (χ3v) is 6.78. The highest BCUT2D eigenvalue weighted by Crippen LogP contribution is 2.29. The molecule has 3 aromatic rings. The number of rotatable bonds is 6. The van der Waals surface area contributed by atoms with Crippen molar-refractivity contribution in [3.05, 3.63) is 91.6 Å². The molecule has 0 saturated heterocycles. The van der Waals surface area contributed by atoms with Gasteiger partial charge in [0.05, 0.1) is 17.1 Å². The molecule has 0 aliphatic carbocycles. The van der Waals surface area contributed by atoms with E-state index in [2.05, 4.69) is 25.9 Å². The minimum absolute atomic E-state index is 0.0239. The number of nitrogens with zero attached hydrogens (tertiary/aromatic N) is 4. The molecular weight excluding hydrogens is 527 g/mol. The van der Waals surface area contributed by atoms with Gasteiger partial charge < -0.3 is 9.84 Å². The molecule has 1 aliphatic heterocycles. The van der Waals surface area contributed by atoms with Gasteiger partial charge in [0.2, 0.25) is 0 Å². The van der Waals surface area contributed by atoms with Gasteiger partial charge in [0.25, 0.3) is 5.56 Å². The molecule has 1 N–H and O–H groups in total. The molecule has 4 heterocycles. The number of aliphatic imine (C=N–C) groups is 1. The van der Waals surface area contributed by atoms with Gasteiger partial charge in [-0.2, -0.15) is 0 Å². The van der Waals surface area contributed by atoms with Crippen molar-refractivity contribution < 1.29 is 14.2 Å². The molecule has 1 aliphatic rings. The van der Waals surface area contributed by atoms with Gasteiger partial charge in [0.1, 0.15) is 33.9 Å². The minimum Gasteiger partial charge on any atom is -0.486 e. The second kappa shape index (κ2) is 10.1. The number of aromatic nitrogens is 3. The van der Waals surface area contributed by atoms with Crippen molar-refractivity contribution in [2.75, 3.05) is 6.54 Å². The van der Waals surface area contributed by atoms with Gasteiger partial charge in [0.15, 0.2) is 0 Å². The van der Waals surface area contributed by atoms with Gasteiger partial charge >= 0.3 is 0 Å². The molecule has 0 bridgehead atoms. The Morgan fingerprint density at radius 3 is 2.72 bits per heavy atom. The predicted molar refractivity (Wildman–Crippen MR) is 141 cm³/mol. The van der Waals surface area contributed by atoms with Crippen LogP contribution in [0.3, 0.4) is 0 Å². The number of hydrogen-bond donors (Lipinski definition) is 1. The first kappa shape index (κ1) is 25.9. The van der Waals surface area contributed by atoms with Crippen molar-refractivity contribution >= 4 is 27.3 Å². The van der Waals surface area contributed by atoms with E-state index in [-0.39, 0.29) is 28.3 Å². The maximum absolute atomic E-state index is 13.9. The standard InChI is InChI=1S/C27H28BrFN4O3/c1-15-8-9-23(27(4,5)35)32-25(15)19-12-21(16(2)13-31-19)33-17(3)11-22(24(28)26(33)34)36-14-20-18(29)7-6-10-30-20/h6-12,16,35H,13-14H2,1-5H3/t16-/m1/s1. The lowest BCUT2D eigenvalue weighted by Gasteiger charge is -2.25. The SMILES string of the molecule is Cc1ccc(C(C)(C)O)nc1C1=NC[C@@H](C)C(n2c(C)cc(OCc3ncccc3F)c(Br)c2=O)=C1. The van der Waals surface area contributed by atoms with Crippen LogP contribution in [0.25, 0.3) is 5.70 Å². The fourth-order valence-electron chi connectivity index (χ4n) is 3.99. The summed E-state index contributed by atoms with van der Waals surface area (Å²) < 4.78 is 21.6. The van der Waals surface area contributed by atoms with Crippen LogP contribution in [0.4, 0.5) is 4.39 Å². The van der Waals surface area contributed by atoms with Crippen molar-refractivity contribution in [3.8, 4) is 5.75 Å². The molecule has 0 saturated carbocycles. The van der Waals surface area contributed by atoms with E-state index in [1.54, 1.807) is 30.5 Å². The second-order valence-electron chi connectivity index (χ2n) is 9.44. The highest BCUT2D eigenvalue weighted by molar-refractivity contribution is 9.10. The van der Waals surface area contributed by atoms with E-state index in [1.807, 2.05) is 32.9 Å². The molecule has 36 heavy (non-hydrogen) atoms. The summed E-state index contributed by atoms with van der Waals surface area (Å²) in [4.78, 5) is 26.8. The average molecular weight is 555 g/mol. The lowest BCUT2D eigenvalue weighted by Crippen LogP contribution is -2.29. The molecule has 9 heteroatoms. The molecule has 1 atom stereocenters. The fraction of sp³-hybridized carbons (Fsp3) is 0.333. The number of ether oxygens (including phenoxy) is 1. The Labute approximate surface area is 217 Å². The van der Waals surface area contributed by atoms with E-state index in [9.17, 15) is 14.3 Å². The number of pyridine rings is 3. The molecule has 188 valence electrons. The summed E-state index contributed by atoms with van der Waals surface area (Å²) in [5.74, 6) is -0.180. The normalized spacial score (nSPS) is 15.9. The first-order chi connectivity index (χ1) is 17.0. The molecule has 3 aromatic heterocycles. The summed E-state index contributed by atoms with van der Waals surface area (Å²) in [6.07, 6.45) is 3.37. The Hall–Kier alpha value is -3.17. The van der Waals surface area contributed by atoms with Crippen LogP contribution >= 0.6 is 15.9 Å². The Kier molecular flexibility index (Phi) is 7.24. The van der Waals surface area contributed by atoms with E-state index in [0.29, 0.717) is 35.1 Å². The van der Waals surface area contributed by atoms with E-state index < -0.39 is 11.4 Å². The Balaban J connectivity index is 1.72. The van der Waals surface area contributed by atoms with Crippen molar-refractivity contribution in [2.24, 2.45) is 10.9 Å². The molecule has 0 radical (unpaired) electrons. The van der Waals surface area contributed by atoms with Crippen LogP contribution in [-0.4, -0.2) is 31.9 Å². The summed E-state index contributed by atoms with van der Waals surface area (Å²) in [6, 6.07) is 8.28. The van der Waals surface area contributed by atoms with E-state index in [1.165, 1.54) is 18.3 Å². The molecule has 7 nitrogen and oxygen atoms in total. The van der Waals surface area contributed by atoms with Crippen LogP contribution in [0, 0.1) is 25.6 Å². The average Bonchev–Trinajstić information content (AvgIpc) is 2.82. The van der Waals surface area contributed by atoms with Crippen molar-refractivity contribution in [2.45, 2.75) is 46.8 Å². The Morgan fingerprint density at radius 2 is 2.03 bits per heavy atom. The molecule has 0 spiro atoms. The van der Waals surface area contributed by atoms with Crippen molar-refractivity contribution in [1.82, 2.24) is 14.5 Å². The van der Waals surface area contributed by atoms with E-state index >= 15 is 0 Å². The highest BCUT2D eigenvalue weighted by Gasteiger charge is 2.25. The highest BCUT2D eigenvalue weighted by atomic mass is 79.9. The molecule has 4 rings (SSSR count). The zero-order valence-electron chi connectivity index (χ0n) is 20.8. The van der Waals surface area contributed by atoms with Gasteiger partial charge in [-0.25, -0.2) is 9.37 Å². The summed E-state index contributed by atoms with van der Waals surface area (Å²) in [7, 11) is 0. The predicted octanol–water partition coefficient (Wildman–Crippen LogP) is 4.94. The van der Waals surface area contributed by atoms with E-state index in [0.717, 1.165) is 11.3 Å². The van der Waals surface area contributed by atoms with Gasteiger partial charge in [0, 0.05) is 36.1 Å². The first-order valence-corrected chi connectivity index (χ1v) is 12.4. The van der Waals surface area contributed by atoms with Crippen LogP contribution in [0.2, 0.25) is 0 Å². The maximum atomic E-state index is 13.9. The second-order valence-corrected chi connectivity index (χ2v) is 10.2. The third-order valence-electron chi connectivity index (χ3n) is 6.05. The molecular formula is C27H28BrFN4O3. The van der Waals surface area contributed by atoms with Crippen LogP contribution in [0.5, 0.6) is 5.75 Å². The zero-order chi connectivity index (χ0) is 26.2. The maximum Gasteiger partial charge on any atom is 0.273 e. The van der Waals surface area contributed by atoms with Crippen molar-refractivity contribution in [1.29, 1.82) is 0 Å². The molecule has 0 unspecified atom stereocenters. The van der Waals surface area contributed by atoms with Gasteiger partial charge in [-0.15, -0.1) is 0 Å². The third kappa shape index (κ3) is 5.17.